The molecule has 0 aliphatic heterocycles. The Morgan fingerprint density at radius 3 is 2.86 bits per heavy atom. The summed E-state index contributed by atoms with van der Waals surface area (Å²) in [5, 5.41) is 20.1. The minimum absolute atomic E-state index is 0.0840. The van der Waals surface area contributed by atoms with Gasteiger partial charge >= 0.3 is 0 Å². The number of hydrogen-bond acceptors (Lipinski definition) is 6. The van der Waals surface area contributed by atoms with E-state index in [1.165, 1.54) is 21.7 Å². The first-order valence-electron chi connectivity index (χ1n) is 9.42. The van der Waals surface area contributed by atoms with E-state index < -0.39 is 5.97 Å². The number of rotatable bonds is 3. The van der Waals surface area contributed by atoms with Gasteiger partial charge in [0.25, 0.3) is 5.56 Å². The number of hydrogen-bond donors (Lipinski definition) is 0. The van der Waals surface area contributed by atoms with Crippen molar-refractivity contribution in [2.75, 3.05) is 0 Å². The van der Waals surface area contributed by atoms with E-state index in [4.69, 9.17) is 0 Å². The number of benzene rings is 1. The first kappa shape index (κ1) is 18.8. The van der Waals surface area contributed by atoms with Gasteiger partial charge in [0.05, 0.1) is 17.9 Å². The van der Waals surface area contributed by atoms with E-state index >= 15 is 0 Å². The summed E-state index contributed by atoms with van der Waals surface area (Å²) in [5.74, 6) is -0.647. The topological polar surface area (TPSA) is 87.9 Å². The first-order chi connectivity index (χ1) is 13.2. The Balaban J connectivity index is 1.71. The van der Waals surface area contributed by atoms with E-state index in [1.807, 2.05) is 0 Å². The summed E-state index contributed by atoms with van der Waals surface area (Å²) < 4.78 is 1.32. The van der Waals surface area contributed by atoms with E-state index in [-0.39, 0.29) is 23.1 Å². The zero-order valence-electron chi connectivity index (χ0n) is 16.2. The van der Waals surface area contributed by atoms with Gasteiger partial charge in [-0.25, -0.2) is 4.68 Å². The summed E-state index contributed by atoms with van der Waals surface area (Å²) in [6.45, 7) is 6.98. The van der Waals surface area contributed by atoms with Gasteiger partial charge < -0.3 is 9.90 Å². The number of aromatic carboxylic acids is 1. The maximum Gasteiger partial charge on any atom is 0.279 e. The summed E-state index contributed by atoms with van der Waals surface area (Å²) in [6.07, 6.45) is 2.93. The Hall–Kier alpha value is -2.54. The van der Waals surface area contributed by atoms with Gasteiger partial charge in [-0.2, -0.15) is 0 Å². The Bertz CT molecular complexity index is 1120. The van der Waals surface area contributed by atoms with Crippen LogP contribution in [0.15, 0.2) is 29.1 Å². The lowest BCUT2D eigenvalue weighted by molar-refractivity contribution is -0.255. The molecule has 1 atom stereocenters. The second-order valence-electron chi connectivity index (χ2n) is 8.53. The number of thiophene rings is 1. The third kappa shape index (κ3) is 3.35. The number of carbonyl (C=O) groups excluding carboxylic acids is 1. The van der Waals surface area contributed by atoms with Crippen molar-refractivity contribution in [3.05, 3.63) is 56.2 Å². The molecule has 0 spiro atoms. The molecule has 2 aromatic heterocycles. The van der Waals surface area contributed by atoms with Crippen molar-refractivity contribution in [1.82, 2.24) is 15.0 Å². The van der Waals surface area contributed by atoms with E-state index in [0.717, 1.165) is 24.8 Å². The maximum absolute atomic E-state index is 13.1. The number of carboxylic acid groups (broad SMARTS) is 1. The number of aromatic nitrogens is 3. The molecular weight excluding hydrogens is 374 g/mol. The van der Waals surface area contributed by atoms with Crippen LogP contribution in [0.2, 0.25) is 0 Å². The summed E-state index contributed by atoms with van der Waals surface area (Å²) in [7, 11) is 0. The van der Waals surface area contributed by atoms with Crippen molar-refractivity contribution >= 4 is 27.5 Å². The predicted octanol–water partition coefficient (Wildman–Crippen LogP) is 2.42. The third-order valence-corrected chi connectivity index (χ3v) is 6.80. The molecule has 0 amide bonds. The number of aryl methyl sites for hydroxylation is 1. The smallest absolute Gasteiger partial charge is 0.279 e. The van der Waals surface area contributed by atoms with Crippen LogP contribution in [0.5, 0.6) is 0 Å². The van der Waals surface area contributed by atoms with Gasteiger partial charge in [-0.1, -0.05) is 44.2 Å². The molecule has 28 heavy (non-hydrogen) atoms. The van der Waals surface area contributed by atoms with Gasteiger partial charge in [-0.05, 0) is 53.4 Å². The number of carboxylic acids is 1. The van der Waals surface area contributed by atoms with Crippen molar-refractivity contribution in [3.63, 3.8) is 0 Å². The van der Waals surface area contributed by atoms with Crippen LogP contribution < -0.4 is 10.7 Å². The summed E-state index contributed by atoms with van der Waals surface area (Å²) in [4.78, 5) is 26.1. The fourth-order valence-electron chi connectivity index (χ4n) is 3.94. The van der Waals surface area contributed by atoms with Crippen molar-refractivity contribution < 1.29 is 9.90 Å². The Morgan fingerprint density at radius 2 is 2.14 bits per heavy atom. The standard InChI is InChI=1S/C21H23N3O3S/c1-21(2,3)14-7-8-15-16(10-14)28-18-17(15)19(25)24(23-22-18)11-12-5-4-6-13(9-12)20(26)27/h4-6,9,14H,7-8,10-11H2,1-3H3,(H,26,27)/p-1/t14-/m0/s1. The molecule has 1 aromatic carbocycles. The predicted molar refractivity (Wildman–Crippen MR) is 107 cm³/mol. The van der Waals surface area contributed by atoms with Crippen LogP contribution in [0.25, 0.3) is 10.2 Å². The van der Waals surface area contributed by atoms with Crippen LogP contribution in [0.1, 0.15) is 53.6 Å². The van der Waals surface area contributed by atoms with Crippen LogP contribution in [0.3, 0.4) is 0 Å². The summed E-state index contributed by atoms with van der Waals surface area (Å²) in [6, 6.07) is 6.38. The Kier molecular flexibility index (Phi) is 4.57. The van der Waals surface area contributed by atoms with Gasteiger partial charge in [-0.15, -0.1) is 16.4 Å². The summed E-state index contributed by atoms with van der Waals surface area (Å²) >= 11 is 1.58. The van der Waals surface area contributed by atoms with Gasteiger partial charge in [-0.3, -0.25) is 4.79 Å². The van der Waals surface area contributed by atoms with Crippen LogP contribution >= 0.6 is 11.3 Å². The Morgan fingerprint density at radius 1 is 1.36 bits per heavy atom. The number of nitrogens with zero attached hydrogens (tertiary/aromatic N) is 3. The lowest BCUT2D eigenvalue weighted by Gasteiger charge is -2.33. The molecule has 0 saturated heterocycles. The molecule has 1 aliphatic rings. The average molecular weight is 396 g/mol. The zero-order chi connectivity index (χ0) is 20.1. The molecule has 2 heterocycles. The van der Waals surface area contributed by atoms with E-state index in [9.17, 15) is 14.7 Å². The minimum atomic E-state index is -1.24. The van der Waals surface area contributed by atoms with Gasteiger partial charge in [0.15, 0.2) is 4.83 Å². The molecule has 0 fully saturated rings. The van der Waals surface area contributed by atoms with Crippen LogP contribution in [-0.4, -0.2) is 21.0 Å². The van der Waals surface area contributed by atoms with Crippen LogP contribution in [0.4, 0.5) is 0 Å². The largest absolute Gasteiger partial charge is 0.545 e. The van der Waals surface area contributed by atoms with Crippen molar-refractivity contribution in [2.45, 2.75) is 46.6 Å². The maximum atomic E-state index is 13.1. The van der Waals surface area contributed by atoms with E-state index in [1.54, 1.807) is 23.5 Å². The molecule has 1 aliphatic carbocycles. The lowest BCUT2D eigenvalue weighted by atomic mass is 9.72. The third-order valence-electron chi connectivity index (χ3n) is 5.66. The van der Waals surface area contributed by atoms with Crippen molar-refractivity contribution in [1.29, 1.82) is 0 Å². The fourth-order valence-corrected chi connectivity index (χ4v) is 5.17. The summed E-state index contributed by atoms with van der Waals surface area (Å²) in [5.41, 5.74) is 1.97. The van der Waals surface area contributed by atoms with E-state index in [2.05, 4.69) is 31.1 Å². The molecule has 0 unspecified atom stereocenters. The van der Waals surface area contributed by atoms with E-state index in [0.29, 0.717) is 21.7 Å². The monoisotopic (exact) mass is 396 g/mol. The zero-order valence-corrected chi connectivity index (χ0v) is 17.0. The highest BCUT2D eigenvalue weighted by Gasteiger charge is 2.31. The second kappa shape index (κ2) is 6.81. The minimum Gasteiger partial charge on any atom is -0.545 e. The van der Waals surface area contributed by atoms with Gasteiger partial charge in [0.1, 0.15) is 0 Å². The normalized spacial score (nSPS) is 16.9. The highest BCUT2D eigenvalue weighted by atomic mass is 32.1. The Labute approximate surface area is 166 Å². The van der Waals surface area contributed by atoms with Crippen molar-refractivity contribution in [2.24, 2.45) is 11.3 Å². The fraction of sp³-hybridized carbons (Fsp3) is 0.429. The molecule has 0 radical (unpaired) electrons. The second-order valence-corrected chi connectivity index (χ2v) is 9.61. The molecule has 146 valence electrons. The molecule has 0 bridgehead atoms. The van der Waals surface area contributed by atoms with Crippen molar-refractivity contribution in [3.8, 4) is 0 Å². The first-order valence-corrected chi connectivity index (χ1v) is 10.2. The number of fused-ring (bicyclic) bond motifs is 3. The highest BCUT2D eigenvalue weighted by molar-refractivity contribution is 7.18. The average Bonchev–Trinajstić information content (AvgIpc) is 3.02. The van der Waals surface area contributed by atoms with Gasteiger partial charge in [0.2, 0.25) is 0 Å². The lowest BCUT2D eigenvalue weighted by Crippen LogP contribution is -2.28. The quantitative estimate of drug-likeness (QED) is 0.678. The molecule has 3 aromatic rings. The molecule has 4 rings (SSSR count). The molecule has 6 nitrogen and oxygen atoms in total. The van der Waals surface area contributed by atoms with Crippen LogP contribution in [-0.2, 0) is 19.4 Å². The highest BCUT2D eigenvalue weighted by Crippen LogP contribution is 2.41. The van der Waals surface area contributed by atoms with Gasteiger partial charge in [0, 0.05) is 4.88 Å². The van der Waals surface area contributed by atoms with Crippen LogP contribution in [0, 0.1) is 11.3 Å². The SMILES string of the molecule is CC(C)(C)[C@H]1CCc2c(sc3nnn(Cc4cccc(C(=O)[O-])c4)c(=O)c23)C1. The molecule has 0 N–H and O–H groups in total. The molecular formula is C21H22N3O3S-. The molecule has 0 saturated carbocycles. The number of carbonyl (C=O) groups is 1. The molecule has 7 heteroatoms.